The fourth-order valence-electron chi connectivity index (χ4n) is 1.70. The summed E-state index contributed by atoms with van der Waals surface area (Å²) < 4.78 is 5.28. The van der Waals surface area contributed by atoms with E-state index in [1.165, 1.54) is 0 Å². The van der Waals surface area contributed by atoms with Crippen LogP contribution in [-0.2, 0) is 0 Å². The Hall–Kier alpha value is -2.24. The van der Waals surface area contributed by atoms with Crippen LogP contribution < -0.4 is 4.74 Å². The van der Waals surface area contributed by atoms with Gasteiger partial charge in [-0.1, -0.05) is 48.4 Å². The standard InChI is InChI=1S/C16H14O2/c1-2-12-18-15-10-8-14(9-11-15)16(17)13-6-4-3-5-7-13/h1,3-11,16-17H,12H2. The minimum Gasteiger partial charge on any atom is -0.481 e. The second-order valence-corrected chi connectivity index (χ2v) is 3.88. The minimum atomic E-state index is -0.618. The number of terminal acetylenes is 1. The normalized spacial score (nSPS) is 11.6. The van der Waals surface area contributed by atoms with Gasteiger partial charge < -0.3 is 9.84 Å². The summed E-state index contributed by atoms with van der Waals surface area (Å²) in [5.74, 6) is 3.11. The molecule has 1 unspecified atom stereocenters. The number of benzene rings is 2. The molecule has 0 aliphatic heterocycles. The fraction of sp³-hybridized carbons (Fsp3) is 0.125. The van der Waals surface area contributed by atoms with Gasteiger partial charge in [-0.3, -0.25) is 0 Å². The van der Waals surface area contributed by atoms with Crippen LogP contribution in [0.2, 0.25) is 0 Å². The molecule has 0 aliphatic carbocycles. The maximum absolute atomic E-state index is 10.2. The number of aliphatic hydroxyl groups is 1. The fourth-order valence-corrected chi connectivity index (χ4v) is 1.70. The number of ether oxygens (including phenoxy) is 1. The van der Waals surface area contributed by atoms with E-state index in [9.17, 15) is 5.11 Å². The van der Waals surface area contributed by atoms with Gasteiger partial charge in [0.05, 0.1) is 0 Å². The zero-order valence-electron chi connectivity index (χ0n) is 9.91. The molecular weight excluding hydrogens is 224 g/mol. The maximum atomic E-state index is 10.2. The number of rotatable bonds is 4. The van der Waals surface area contributed by atoms with Gasteiger partial charge in [0.2, 0.25) is 0 Å². The molecule has 2 nitrogen and oxygen atoms in total. The maximum Gasteiger partial charge on any atom is 0.148 e. The molecule has 0 radical (unpaired) electrons. The predicted octanol–water partition coefficient (Wildman–Crippen LogP) is 2.78. The first-order valence-corrected chi connectivity index (χ1v) is 5.70. The Morgan fingerprint density at radius 2 is 1.61 bits per heavy atom. The summed E-state index contributed by atoms with van der Waals surface area (Å²) in [6, 6.07) is 16.8. The van der Waals surface area contributed by atoms with Gasteiger partial charge in [0.25, 0.3) is 0 Å². The minimum absolute atomic E-state index is 0.251. The van der Waals surface area contributed by atoms with Crippen LogP contribution in [0.1, 0.15) is 17.2 Å². The molecule has 0 saturated heterocycles. The Bertz CT molecular complexity index is 523. The van der Waals surface area contributed by atoms with Crippen molar-refractivity contribution in [1.29, 1.82) is 0 Å². The first kappa shape index (κ1) is 12.2. The molecule has 0 bridgehead atoms. The first-order chi connectivity index (χ1) is 8.81. The average molecular weight is 238 g/mol. The van der Waals surface area contributed by atoms with Crippen molar-refractivity contribution in [2.75, 3.05) is 6.61 Å². The van der Waals surface area contributed by atoms with Gasteiger partial charge in [0, 0.05) is 0 Å². The van der Waals surface area contributed by atoms with E-state index in [0.29, 0.717) is 5.75 Å². The van der Waals surface area contributed by atoms with E-state index in [1.807, 2.05) is 42.5 Å². The Balaban J connectivity index is 2.12. The summed E-state index contributed by atoms with van der Waals surface area (Å²) in [5.41, 5.74) is 1.70. The van der Waals surface area contributed by atoms with Crippen LogP contribution in [0.15, 0.2) is 54.6 Å². The molecule has 0 aliphatic rings. The van der Waals surface area contributed by atoms with Crippen LogP contribution in [0.5, 0.6) is 5.75 Å². The molecule has 0 fully saturated rings. The van der Waals surface area contributed by atoms with E-state index >= 15 is 0 Å². The Labute approximate surface area is 107 Å². The van der Waals surface area contributed by atoms with Crippen molar-refractivity contribution in [3.63, 3.8) is 0 Å². The molecule has 1 atom stereocenters. The van der Waals surface area contributed by atoms with Crippen LogP contribution in [0.4, 0.5) is 0 Å². The van der Waals surface area contributed by atoms with Crippen molar-refractivity contribution in [2.45, 2.75) is 6.10 Å². The summed E-state index contributed by atoms with van der Waals surface area (Å²) in [6.45, 7) is 0.251. The lowest BCUT2D eigenvalue weighted by Crippen LogP contribution is -1.99. The topological polar surface area (TPSA) is 29.5 Å². The van der Waals surface area contributed by atoms with Crippen molar-refractivity contribution < 1.29 is 9.84 Å². The van der Waals surface area contributed by atoms with Crippen LogP contribution >= 0.6 is 0 Å². The summed E-state index contributed by atoms with van der Waals surface area (Å²) in [5, 5.41) is 10.2. The smallest absolute Gasteiger partial charge is 0.148 e. The third-order valence-corrected chi connectivity index (χ3v) is 2.63. The third-order valence-electron chi connectivity index (χ3n) is 2.63. The lowest BCUT2D eigenvalue weighted by Gasteiger charge is -2.12. The molecule has 1 N–H and O–H groups in total. The van der Waals surface area contributed by atoms with E-state index in [0.717, 1.165) is 11.1 Å². The molecule has 18 heavy (non-hydrogen) atoms. The quantitative estimate of drug-likeness (QED) is 0.830. The zero-order chi connectivity index (χ0) is 12.8. The molecule has 2 rings (SSSR count). The Morgan fingerprint density at radius 1 is 1.00 bits per heavy atom. The molecular formula is C16H14O2. The highest BCUT2D eigenvalue weighted by Gasteiger charge is 2.09. The van der Waals surface area contributed by atoms with Gasteiger partial charge in [-0.2, -0.15) is 0 Å². The van der Waals surface area contributed by atoms with Crippen molar-refractivity contribution in [2.24, 2.45) is 0 Å². The lowest BCUT2D eigenvalue weighted by molar-refractivity contribution is 0.220. The average Bonchev–Trinajstić information content (AvgIpc) is 2.46. The van der Waals surface area contributed by atoms with E-state index in [4.69, 9.17) is 11.2 Å². The Kier molecular flexibility index (Phi) is 4.01. The molecule has 0 heterocycles. The van der Waals surface area contributed by atoms with Crippen molar-refractivity contribution in [1.82, 2.24) is 0 Å². The summed E-state index contributed by atoms with van der Waals surface area (Å²) >= 11 is 0. The molecule has 0 aromatic heterocycles. The van der Waals surface area contributed by atoms with Crippen molar-refractivity contribution in [3.8, 4) is 18.1 Å². The van der Waals surface area contributed by atoms with Gasteiger partial charge in [-0.05, 0) is 23.3 Å². The first-order valence-electron chi connectivity index (χ1n) is 5.70. The van der Waals surface area contributed by atoms with Gasteiger partial charge in [-0.25, -0.2) is 0 Å². The molecule has 2 aromatic rings. The highest BCUT2D eigenvalue weighted by Crippen LogP contribution is 2.23. The van der Waals surface area contributed by atoms with Crippen LogP contribution in [0.25, 0.3) is 0 Å². The number of hydrogen-bond acceptors (Lipinski definition) is 2. The van der Waals surface area contributed by atoms with E-state index < -0.39 is 6.10 Å². The Morgan fingerprint density at radius 3 is 2.22 bits per heavy atom. The predicted molar refractivity (Wildman–Crippen MR) is 71.3 cm³/mol. The van der Waals surface area contributed by atoms with Gasteiger partial charge in [0.1, 0.15) is 18.5 Å². The van der Waals surface area contributed by atoms with Crippen LogP contribution in [0.3, 0.4) is 0 Å². The SMILES string of the molecule is C#CCOc1ccc(C(O)c2ccccc2)cc1. The summed E-state index contributed by atoms with van der Waals surface area (Å²) in [6.07, 6.45) is 4.50. The molecule has 2 aromatic carbocycles. The van der Waals surface area contributed by atoms with Crippen molar-refractivity contribution >= 4 is 0 Å². The molecule has 2 heteroatoms. The van der Waals surface area contributed by atoms with E-state index in [2.05, 4.69) is 5.92 Å². The largest absolute Gasteiger partial charge is 0.481 e. The van der Waals surface area contributed by atoms with Gasteiger partial charge in [0.15, 0.2) is 0 Å². The molecule has 0 saturated carbocycles. The van der Waals surface area contributed by atoms with Crippen molar-refractivity contribution in [3.05, 3.63) is 65.7 Å². The van der Waals surface area contributed by atoms with Gasteiger partial charge >= 0.3 is 0 Å². The highest BCUT2D eigenvalue weighted by atomic mass is 16.5. The summed E-state index contributed by atoms with van der Waals surface area (Å²) in [4.78, 5) is 0. The highest BCUT2D eigenvalue weighted by molar-refractivity contribution is 5.34. The van der Waals surface area contributed by atoms with Crippen LogP contribution in [-0.4, -0.2) is 11.7 Å². The van der Waals surface area contributed by atoms with Gasteiger partial charge in [-0.15, -0.1) is 6.42 Å². The second kappa shape index (κ2) is 5.90. The molecule has 0 amide bonds. The zero-order valence-corrected chi connectivity index (χ0v) is 9.91. The monoisotopic (exact) mass is 238 g/mol. The second-order valence-electron chi connectivity index (χ2n) is 3.88. The van der Waals surface area contributed by atoms with E-state index in [-0.39, 0.29) is 6.61 Å². The third kappa shape index (κ3) is 2.91. The molecule has 0 spiro atoms. The van der Waals surface area contributed by atoms with Crippen LogP contribution in [0, 0.1) is 12.3 Å². The van der Waals surface area contributed by atoms with E-state index in [1.54, 1.807) is 12.1 Å². The lowest BCUT2D eigenvalue weighted by atomic mass is 10.0. The summed E-state index contributed by atoms with van der Waals surface area (Å²) in [7, 11) is 0. The molecule has 90 valence electrons. The number of aliphatic hydroxyl groups excluding tert-OH is 1. The number of hydrogen-bond donors (Lipinski definition) is 1.